The maximum atomic E-state index is 12.3. The number of amides is 1. The molecule has 10 nitrogen and oxygen atoms in total. The molecule has 1 saturated heterocycles. The molecule has 1 amide bonds. The van der Waals surface area contributed by atoms with E-state index in [4.69, 9.17) is 4.74 Å². The average molecular weight is 547 g/mol. The van der Waals surface area contributed by atoms with Gasteiger partial charge in [-0.2, -0.15) is 18.6 Å². The molecule has 1 fully saturated rings. The van der Waals surface area contributed by atoms with Crippen LogP contribution in [0.2, 0.25) is 0 Å². The van der Waals surface area contributed by atoms with Crippen LogP contribution < -0.4 is 20.3 Å². The van der Waals surface area contributed by atoms with Crippen LogP contribution in [0, 0.1) is 0 Å². The van der Waals surface area contributed by atoms with Gasteiger partial charge < -0.3 is 25.2 Å². The van der Waals surface area contributed by atoms with Crippen LogP contribution in [-0.4, -0.2) is 70.4 Å². The van der Waals surface area contributed by atoms with Crippen molar-refractivity contribution in [1.82, 2.24) is 24.6 Å². The van der Waals surface area contributed by atoms with Crippen molar-refractivity contribution in [3.05, 3.63) is 61.6 Å². The molecule has 4 aromatic rings. The first kappa shape index (κ1) is 27.9. The van der Waals surface area contributed by atoms with Crippen molar-refractivity contribution in [3.8, 4) is 17.0 Å². The van der Waals surface area contributed by atoms with Gasteiger partial charge in [0.05, 0.1) is 41.6 Å². The van der Waals surface area contributed by atoms with E-state index in [0.717, 1.165) is 47.5 Å². The van der Waals surface area contributed by atoms with E-state index in [0.29, 0.717) is 29.0 Å². The predicted octanol–water partition coefficient (Wildman–Crippen LogP) is 4.16. The van der Waals surface area contributed by atoms with E-state index in [9.17, 15) is 4.79 Å². The van der Waals surface area contributed by atoms with Gasteiger partial charge in [-0.15, -0.1) is 0 Å². The van der Waals surface area contributed by atoms with E-state index >= 15 is 0 Å². The molecule has 2 N–H and O–H groups in total. The highest BCUT2D eigenvalue weighted by Gasteiger charge is 2.24. The molecule has 0 spiro atoms. The molecule has 0 bridgehead atoms. The third kappa shape index (κ3) is 5.84. The van der Waals surface area contributed by atoms with E-state index in [2.05, 4.69) is 62.1 Å². The number of aromatic nitrogens is 4. The van der Waals surface area contributed by atoms with Crippen LogP contribution >= 0.6 is 13.5 Å². The van der Waals surface area contributed by atoms with Crippen molar-refractivity contribution < 1.29 is 9.53 Å². The Balaban J connectivity index is 0.00000353. The summed E-state index contributed by atoms with van der Waals surface area (Å²) in [7, 11) is 5.68. The van der Waals surface area contributed by atoms with Gasteiger partial charge in [-0.3, -0.25) is 9.48 Å². The molecule has 0 unspecified atom stereocenters. The number of hydrogen-bond acceptors (Lipinski definition) is 8. The quantitative estimate of drug-likeness (QED) is 0.334. The highest BCUT2D eigenvalue weighted by molar-refractivity contribution is 7.59. The summed E-state index contributed by atoms with van der Waals surface area (Å²) < 4.78 is 7.60. The zero-order chi connectivity index (χ0) is 26.8. The number of likely N-dealkylation sites (N-methyl/N-ethyl adjacent to an activating group) is 1. The van der Waals surface area contributed by atoms with Gasteiger partial charge in [0.1, 0.15) is 17.9 Å². The van der Waals surface area contributed by atoms with E-state index in [-0.39, 0.29) is 19.4 Å². The van der Waals surface area contributed by atoms with E-state index < -0.39 is 0 Å². The number of benzene rings is 2. The first-order chi connectivity index (χ1) is 18.4. The summed E-state index contributed by atoms with van der Waals surface area (Å²) in [5, 5.41) is 11.7. The maximum Gasteiger partial charge on any atom is 0.247 e. The van der Waals surface area contributed by atoms with E-state index in [1.54, 1.807) is 7.11 Å². The van der Waals surface area contributed by atoms with Gasteiger partial charge in [0, 0.05) is 55.8 Å². The number of carbonyl (C=O) groups is 1. The largest absolute Gasteiger partial charge is 0.494 e. The number of fused-ring (bicyclic) bond motifs is 1. The van der Waals surface area contributed by atoms with Gasteiger partial charge in [-0.25, -0.2) is 9.97 Å². The Morgan fingerprint density at radius 1 is 1.13 bits per heavy atom. The Hall–Kier alpha value is -4.09. The molecule has 11 heteroatoms. The summed E-state index contributed by atoms with van der Waals surface area (Å²) in [6, 6.07) is 12.2. The van der Waals surface area contributed by atoms with E-state index in [1.807, 2.05) is 48.3 Å². The van der Waals surface area contributed by atoms with Gasteiger partial charge in [0.15, 0.2) is 0 Å². The van der Waals surface area contributed by atoms with Gasteiger partial charge in [0.2, 0.25) is 5.91 Å². The lowest BCUT2D eigenvalue weighted by Gasteiger charge is -2.39. The Bertz CT molecular complexity index is 1500. The molecule has 2 aromatic heterocycles. The zero-order valence-corrected chi connectivity index (χ0v) is 23.6. The topological polar surface area (TPSA) is 100 Å². The number of piperazine rings is 1. The monoisotopic (exact) mass is 546 g/mol. The van der Waals surface area contributed by atoms with Crippen LogP contribution in [0.1, 0.15) is 6.92 Å². The fraction of sp³-hybridized carbons (Fsp3) is 0.286. The first-order valence-electron chi connectivity index (χ1n) is 12.5. The summed E-state index contributed by atoms with van der Waals surface area (Å²) in [6.45, 7) is 8.40. The van der Waals surface area contributed by atoms with Crippen molar-refractivity contribution in [2.75, 3.05) is 49.3 Å². The fourth-order valence-corrected chi connectivity index (χ4v) is 4.67. The molecule has 2 aromatic carbocycles. The normalized spacial score (nSPS) is 15.5. The maximum absolute atomic E-state index is 12.3. The number of methoxy groups -OCH3 is 1. The minimum Gasteiger partial charge on any atom is -0.494 e. The number of carbonyl (C=O) groups excluding carboxylic acids is 1. The zero-order valence-electron chi connectivity index (χ0n) is 22.6. The summed E-state index contributed by atoms with van der Waals surface area (Å²) in [5.74, 6) is 0.958. The molecule has 0 radical (unpaired) electrons. The highest BCUT2D eigenvalue weighted by atomic mass is 32.1. The second-order valence-electron chi connectivity index (χ2n) is 9.49. The molecule has 1 atom stereocenters. The van der Waals surface area contributed by atoms with E-state index in [1.165, 1.54) is 12.4 Å². The molecular formula is C28H34N8O2S. The van der Waals surface area contributed by atoms with Crippen LogP contribution in [0.15, 0.2) is 61.6 Å². The molecule has 204 valence electrons. The number of hydrogen-bond donors (Lipinski definition) is 2. The number of rotatable bonds is 7. The third-order valence-corrected chi connectivity index (χ3v) is 7.04. The first-order valence-corrected chi connectivity index (χ1v) is 12.5. The minimum atomic E-state index is -0.278. The number of nitrogens with one attached hydrogen (secondary N) is 2. The number of aryl methyl sites for hydroxylation is 1. The van der Waals surface area contributed by atoms with Crippen LogP contribution in [0.4, 0.5) is 22.9 Å². The SMILES string of the molecule is C=CC(=O)Nc1cc(Nc2cc(-c3ccc4cnn(C)c4c3)ncn2)c(OC)cc1N1CCN(C)[C@@H](C)C1.S. The smallest absolute Gasteiger partial charge is 0.247 e. The van der Waals surface area contributed by atoms with Crippen molar-refractivity contribution in [3.63, 3.8) is 0 Å². The molecular weight excluding hydrogens is 512 g/mol. The number of ether oxygens (including phenoxy) is 1. The summed E-state index contributed by atoms with van der Waals surface area (Å²) in [4.78, 5) is 25.8. The van der Waals surface area contributed by atoms with Crippen molar-refractivity contribution in [2.45, 2.75) is 13.0 Å². The molecule has 0 saturated carbocycles. The third-order valence-electron chi connectivity index (χ3n) is 7.04. The van der Waals surface area contributed by atoms with Gasteiger partial charge in [0.25, 0.3) is 0 Å². The Kier molecular flexibility index (Phi) is 8.41. The number of anilines is 4. The average Bonchev–Trinajstić information content (AvgIpc) is 3.30. The predicted molar refractivity (Wildman–Crippen MR) is 162 cm³/mol. The summed E-state index contributed by atoms with van der Waals surface area (Å²) in [6.07, 6.45) is 4.63. The van der Waals surface area contributed by atoms with Crippen molar-refractivity contribution in [2.24, 2.45) is 7.05 Å². The van der Waals surface area contributed by atoms with Crippen LogP contribution in [0.25, 0.3) is 22.2 Å². The molecule has 1 aliphatic rings. The van der Waals surface area contributed by atoms with Gasteiger partial charge >= 0.3 is 0 Å². The molecule has 1 aliphatic heterocycles. The fourth-order valence-electron chi connectivity index (χ4n) is 4.67. The van der Waals surface area contributed by atoms with Crippen LogP contribution in [-0.2, 0) is 11.8 Å². The molecule has 0 aliphatic carbocycles. The summed E-state index contributed by atoms with van der Waals surface area (Å²) in [5.41, 5.74) is 4.99. The van der Waals surface area contributed by atoms with Crippen molar-refractivity contribution >= 4 is 53.2 Å². The minimum absolute atomic E-state index is 0. The summed E-state index contributed by atoms with van der Waals surface area (Å²) >= 11 is 0. The Labute approximate surface area is 235 Å². The van der Waals surface area contributed by atoms with Crippen molar-refractivity contribution in [1.29, 1.82) is 0 Å². The lowest BCUT2D eigenvalue weighted by atomic mass is 10.1. The van der Waals surface area contributed by atoms with Crippen LogP contribution in [0.5, 0.6) is 5.75 Å². The van der Waals surface area contributed by atoms with Gasteiger partial charge in [-0.05, 0) is 32.2 Å². The molecule has 39 heavy (non-hydrogen) atoms. The Morgan fingerprint density at radius 2 is 1.95 bits per heavy atom. The van der Waals surface area contributed by atoms with Gasteiger partial charge in [-0.1, -0.05) is 18.7 Å². The Morgan fingerprint density at radius 3 is 2.69 bits per heavy atom. The van der Waals surface area contributed by atoms with Crippen LogP contribution in [0.3, 0.4) is 0 Å². The lowest BCUT2D eigenvalue weighted by molar-refractivity contribution is -0.111. The second-order valence-corrected chi connectivity index (χ2v) is 9.49. The molecule has 3 heterocycles. The standard InChI is InChI=1S/C28H32N8O2.H2S/c1-6-28(37)33-22-12-23(26(38-5)14-25(22)36-10-9-34(3)18(2)16-36)32-27-13-21(29-17-30-27)19-7-8-20-15-31-35(4)24(20)11-19;/h6-8,11-15,17-18H,1,9-10,16H2,2-5H3,(H,33,37)(H,29,30,32);1H2/t18-;/m0./s1. The second kappa shape index (κ2) is 11.7. The molecule has 5 rings (SSSR count). The lowest BCUT2D eigenvalue weighted by Crippen LogP contribution is -2.50. The highest BCUT2D eigenvalue weighted by Crippen LogP contribution is 2.39. The number of nitrogens with zero attached hydrogens (tertiary/aromatic N) is 6.